The smallest absolute Gasteiger partial charge is 0.378 e. The van der Waals surface area contributed by atoms with Crippen molar-refractivity contribution < 1.29 is 22.7 Å². The third-order valence-corrected chi connectivity index (χ3v) is 6.38. The van der Waals surface area contributed by atoms with Gasteiger partial charge in [-0.3, -0.25) is 9.36 Å². The van der Waals surface area contributed by atoms with E-state index < -0.39 is 17.0 Å². The zero-order valence-electron chi connectivity index (χ0n) is 18.7. The zero-order valence-corrected chi connectivity index (χ0v) is 19.5. The van der Waals surface area contributed by atoms with Gasteiger partial charge in [0.2, 0.25) is 11.9 Å². The summed E-state index contributed by atoms with van der Waals surface area (Å²) < 4.78 is 45.7. The molecule has 1 N–H and O–H groups in total. The van der Waals surface area contributed by atoms with E-state index in [2.05, 4.69) is 20.4 Å². The Hall–Kier alpha value is -3.05. The molecule has 1 amide bonds. The van der Waals surface area contributed by atoms with Crippen LogP contribution >= 0.6 is 11.8 Å². The molecule has 2 heterocycles. The fourth-order valence-corrected chi connectivity index (χ4v) is 4.29. The highest BCUT2D eigenvalue weighted by molar-refractivity contribution is 8.00. The minimum Gasteiger partial charge on any atom is -0.378 e. The Morgan fingerprint density at radius 1 is 1.06 bits per heavy atom. The summed E-state index contributed by atoms with van der Waals surface area (Å²) in [5.41, 5.74) is 1.51. The van der Waals surface area contributed by atoms with Gasteiger partial charge in [0.25, 0.3) is 0 Å². The summed E-state index contributed by atoms with van der Waals surface area (Å²) in [4.78, 5) is 14.9. The lowest BCUT2D eigenvalue weighted by Gasteiger charge is -2.28. The molecule has 1 atom stereocenters. The van der Waals surface area contributed by atoms with Crippen molar-refractivity contribution >= 4 is 29.3 Å². The van der Waals surface area contributed by atoms with Gasteiger partial charge in [0, 0.05) is 18.8 Å². The number of aromatic nitrogens is 3. The molecule has 1 aliphatic heterocycles. The number of carbonyl (C=O) groups is 1. The van der Waals surface area contributed by atoms with Crippen LogP contribution in [0.25, 0.3) is 5.69 Å². The Balaban J connectivity index is 1.53. The van der Waals surface area contributed by atoms with Crippen LogP contribution in [0.5, 0.6) is 0 Å². The molecule has 1 saturated heterocycles. The second-order valence-corrected chi connectivity index (χ2v) is 9.19. The van der Waals surface area contributed by atoms with Gasteiger partial charge in [0.15, 0.2) is 5.16 Å². The summed E-state index contributed by atoms with van der Waals surface area (Å²) in [5, 5.41) is 11.4. The van der Waals surface area contributed by atoms with E-state index in [4.69, 9.17) is 4.74 Å². The predicted octanol–water partition coefficient (Wildman–Crippen LogP) is 4.55. The number of benzene rings is 2. The summed E-state index contributed by atoms with van der Waals surface area (Å²) in [6.45, 7) is 6.26. The van der Waals surface area contributed by atoms with Crippen LogP contribution in [0.1, 0.15) is 18.1 Å². The first kappa shape index (κ1) is 24.1. The van der Waals surface area contributed by atoms with Crippen LogP contribution in [0.15, 0.2) is 53.7 Å². The SMILES string of the molecule is Cc1ccc(-n2c(SC(C)C(=O)Nc3ccc(C(F)(F)F)cc3)nnc2N2CCOCC2)cc1. The number of hydrogen-bond acceptors (Lipinski definition) is 6. The van der Waals surface area contributed by atoms with Crippen molar-refractivity contribution in [3.8, 4) is 5.69 Å². The number of halogens is 3. The van der Waals surface area contributed by atoms with Gasteiger partial charge < -0.3 is 15.0 Å². The lowest BCUT2D eigenvalue weighted by Crippen LogP contribution is -2.38. The maximum atomic E-state index is 12.8. The Morgan fingerprint density at radius 2 is 1.71 bits per heavy atom. The Labute approximate surface area is 199 Å². The minimum absolute atomic E-state index is 0.291. The summed E-state index contributed by atoms with van der Waals surface area (Å²) in [5.74, 6) is 0.320. The molecular formula is C23H24F3N5O2S. The van der Waals surface area contributed by atoms with Gasteiger partial charge in [-0.25, -0.2) is 0 Å². The number of thioether (sulfide) groups is 1. The number of nitrogens with one attached hydrogen (secondary N) is 1. The fraction of sp³-hybridized carbons (Fsp3) is 0.348. The predicted molar refractivity (Wildman–Crippen MR) is 125 cm³/mol. The molecular weight excluding hydrogens is 467 g/mol. The van der Waals surface area contributed by atoms with Crippen LogP contribution in [0.2, 0.25) is 0 Å². The van der Waals surface area contributed by atoms with E-state index in [0.29, 0.717) is 43.1 Å². The van der Waals surface area contributed by atoms with Gasteiger partial charge in [-0.15, -0.1) is 10.2 Å². The van der Waals surface area contributed by atoms with Crippen LogP contribution in [0, 0.1) is 6.92 Å². The summed E-state index contributed by atoms with van der Waals surface area (Å²) in [6.07, 6.45) is -4.43. The largest absolute Gasteiger partial charge is 0.416 e. The summed E-state index contributed by atoms with van der Waals surface area (Å²) in [7, 11) is 0. The molecule has 180 valence electrons. The quantitative estimate of drug-likeness (QED) is 0.510. The van der Waals surface area contributed by atoms with E-state index in [1.807, 2.05) is 35.8 Å². The van der Waals surface area contributed by atoms with Crippen molar-refractivity contribution in [1.29, 1.82) is 0 Å². The van der Waals surface area contributed by atoms with Crippen LogP contribution in [0.3, 0.4) is 0 Å². The first-order chi connectivity index (χ1) is 16.2. The minimum atomic E-state index is -4.43. The van der Waals surface area contributed by atoms with Crippen molar-refractivity contribution in [3.63, 3.8) is 0 Å². The molecule has 1 aromatic heterocycles. The van der Waals surface area contributed by atoms with E-state index in [0.717, 1.165) is 23.4 Å². The first-order valence-electron chi connectivity index (χ1n) is 10.7. The van der Waals surface area contributed by atoms with Crippen molar-refractivity contribution in [3.05, 3.63) is 59.7 Å². The van der Waals surface area contributed by atoms with Crippen LogP contribution in [-0.4, -0.2) is 52.2 Å². The Morgan fingerprint density at radius 3 is 2.32 bits per heavy atom. The number of hydrogen-bond donors (Lipinski definition) is 1. The second-order valence-electron chi connectivity index (χ2n) is 7.88. The number of morpholine rings is 1. The topological polar surface area (TPSA) is 72.3 Å². The highest BCUT2D eigenvalue weighted by Gasteiger charge is 2.30. The molecule has 2 aromatic carbocycles. The van der Waals surface area contributed by atoms with Crippen LogP contribution in [0.4, 0.5) is 24.8 Å². The normalized spacial score (nSPS) is 15.3. The zero-order chi connectivity index (χ0) is 24.3. The molecule has 0 saturated carbocycles. The van der Waals surface area contributed by atoms with E-state index in [1.165, 1.54) is 23.9 Å². The maximum Gasteiger partial charge on any atom is 0.416 e. The standard InChI is InChI=1S/C23H24F3N5O2S/c1-15-3-9-19(10-4-15)31-21(30-11-13-33-14-12-30)28-29-22(31)34-16(2)20(32)27-18-7-5-17(6-8-18)23(24,25)26/h3-10,16H,11-14H2,1-2H3,(H,27,32). The lowest BCUT2D eigenvalue weighted by molar-refractivity contribution is -0.137. The van der Waals surface area contributed by atoms with E-state index in [9.17, 15) is 18.0 Å². The number of nitrogens with zero attached hydrogens (tertiary/aromatic N) is 4. The monoisotopic (exact) mass is 491 g/mol. The van der Waals surface area contributed by atoms with Crippen LogP contribution < -0.4 is 10.2 Å². The molecule has 34 heavy (non-hydrogen) atoms. The highest BCUT2D eigenvalue weighted by Crippen LogP contribution is 2.32. The van der Waals surface area contributed by atoms with Crippen molar-refractivity contribution in [1.82, 2.24) is 14.8 Å². The Bertz CT molecular complexity index is 1130. The van der Waals surface area contributed by atoms with Gasteiger partial charge in [-0.1, -0.05) is 29.5 Å². The van der Waals surface area contributed by atoms with E-state index in [-0.39, 0.29) is 5.91 Å². The molecule has 1 unspecified atom stereocenters. The maximum absolute atomic E-state index is 12.8. The fourth-order valence-electron chi connectivity index (χ4n) is 3.42. The van der Waals surface area contributed by atoms with E-state index in [1.54, 1.807) is 6.92 Å². The number of anilines is 2. The van der Waals surface area contributed by atoms with Crippen molar-refractivity contribution in [2.24, 2.45) is 0 Å². The number of ether oxygens (including phenoxy) is 1. The molecule has 7 nitrogen and oxygen atoms in total. The molecule has 1 fully saturated rings. The van der Waals surface area contributed by atoms with Gasteiger partial charge in [0.1, 0.15) is 0 Å². The number of alkyl halides is 3. The summed E-state index contributed by atoms with van der Waals surface area (Å²) >= 11 is 1.23. The van der Waals surface area contributed by atoms with Gasteiger partial charge in [-0.2, -0.15) is 13.2 Å². The third-order valence-electron chi connectivity index (χ3n) is 5.33. The molecule has 0 aliphatic carbocycles. The van der Waals surface area contributed by atoms with Gasteiger partial charge in [-0.05, 0) is 50.2 Å². The van der Waals surface area contributed by atoms with Crippen LogP contribution in [-0.2, 0) is 15.7 Å². The highest BCUT2D eigenvalue weighted by atomic mass is 32.2. The molecule has 4 rings (SSSR count). The third kappa shape index (κ3) is 5.53. The second kappa shape index (κ2) is 10.1. The molecule has 1 aliphatic rings. The molecule has 0 bridgehead atoms. The number of carbonyl (C=O) groups excluding carboxylic acids is 1. The van der Waals surface area contributed by atoms with Crippen molar-refractivity contribution in [2.75, 3.05) is 36.5 Å². The molecule has 11 heteroatoms. The number of rotatable bonds is 6. The van der Waals surface area contributed by atoms with Gasteiger partial charge >= 0.3 is 6.18 Å². The first-order valence-corrected chi connectivity index (χ1v) is 11.6. The Kier molecular flexibility index (Phi) is 7.13. The molecule has 0 spiro atoms. The van der Waals surface area contributed by atoms with Crippen molar-refractivity contribution in [2.45, 2.75) is 30.4 Å². The molecule has 0 radical (unpaired) electrons. The number of aryl methyl sites for hydroxylation is 1. The number of amides is 1. The van der Waals surface area contributed by atoms with Gasteiger partial charge in [0.05, 0.1) is 29.7 Å². The van der Waals surface area contributed by atoms with E-state index >= 15 is 0 Å². The average Bonchev–Trinajstić information content (AvgIpc) is 3.23. The summed E-state index contributed by atoms with van der Waals surface area (Å²) in [6, 6.07) is 12.3. The lowest BCUT2D eigenvalue weighted by atomic mass is 10.2. The average molecular weight is 492 g/mol. The molecule has 3 aromatic rings.